The topological polar surface area (TPSA) is 134 Å². The van der Waals surface area contributed by atoms with E-state index in [0.29, 0.717) is 19.4 Å². The minimum atomic E-state index is -0.993. The monoisotopic (exact) mass is 727 g/mol. The van der Waals surface area contributed by atoms with Gasteiger partial charge in [-0.3, -0.25) is 9.59 Å². The molecule has 0 unspecified atom stereocenters. The summed E-state index contributed by atoms with van der Waals surface area (Å²) < 4.78 is 11.5. The standard InChI is InChI=1S/C44H45N3O7/c48-26-33-23-30-15-7-8-17-32(30)25-47(33)41(49)24-31-16-5-2-6-22-39(43(51)53-28-40(45-42(31)50)29-13-3-1-4-14-29)46-44(52)54-27-38-36-20-11-9-18-34(36)35-19-10-12-21-37(35)38/h1-5,7-15,17-21,31,33,38-40,48H,6,16,22-28H2,(H,45,50)(H,46,52)/t31-,33+,39+,40+/m1/s1. The van der Waals surface area contributed by atoms with Crippen molar-refractivity contribution in [3.63, 3.8) is 0 Å². The van der Waals surface area contributed by atoms with Gasteiger partial charge in [0.05, 0.1) is 24.6 Å². The summed E-state index contributed by atoms with van der Waals surface area (Å²) in [5, 5.41) is 15.9. The van der Waals surface area contributed by atoms with Crippen LogP contribution < -0.4 is 10.6 Å². The summed E-state index contributed by atoms with van der Waals surface area (Å²) in [6.45, 7) is 0.113. The smallest absolute Gasteiger partial charge is 0.407 e. The zero-order valence-electron chi connectivity index (χ0n) is 30.1. The summed E-state index contributed by atoms with van der Waals surface area (Å²) in [6.07, 6.45) is 4.40. The number of allylic oxidation sites excluding steroid dienone is 2. The zero-order chi connectivity index (χ0) is 37.4. The van der Waals surface area contributed by atoms with E-state index in [1.165, 1.54) is 0 Å². The molecule has 0 bridgehead atoms. The normalized spacial score (nSPS) is 21.5. The van der Waals surface area contributed by atoms with Crippen LogP contribution in [0.3, 0.4) is 0 Å². The van der Waals surface area contributed by atoms with Gasteiger partial charge in [0.25, 0.3) is 0 Å². The zero-order valence-corrected chi connectivity index (χ0v) is 30.1. The molecule has 4 atom stereocenters. The third-order valence-corrected chi connectivity index (χ3v) is 10.7. The van der Waals surface area contributed by atoms with Crippen molar-refractivity contribution in [1.82, 2.24) is 15.5 Å². The van der Waals surface area contributed by atoms with E-state index in [-0.39, 0.29) is 62.9 Å². The Morgan fingerprint density at radius 3 is 2.24 bits per heavy atom. The lowest BCUT2D eigenvalue weighted by Crippen LogP contribution is -2.47. The second kappa shape index (κ2) is 16.9. The molecular weight excluding hydrogens is 682 g/mol. The van der Waals surface area contributed by atoms with E-state index in [4.69, 9.17) is 9.47 Å². The number of carbonyl (C=O) groups excluding carboxylic acids is 4. The fraction of sp³-hybridized carbons (Fsp3) is 0.318. The highest BCUT2D eigenvalue weighted by atomic mass is 16.6. The maximum Gasteiger partial charge on any atom is 0.407 e. The van der Waals surface area contributed by atoms with Crippen LogP contribution in [0.4, 0.5) is 4.79 Å². The summed E-state index contributed by atoms with van der Waals surface area (Å²) in [5.74, 6) is -2.03. The van der Waals surface area contributed by atoms with Gasteiger partial charge >= 0.3 is 12.1 Å². The van der Waals surface area contributed by atoms with E-state index in [1.54, 1.807) is 4.90 Å². The van der Waals surface area contributed by atoms with Crippen molar-refractivity contribution in [3.8, 4) is 11.1 Å². The maximum absolute atomic E-state index is 13.9. The Balaban J connectivity index is 1.04. The second-order valence-corrected chi connectivity index (χ2v) is 14.1. The van der Waals surface area contributed by atoms with Gasteiger partial charge in [-0.1, -0.05) is 115 Å². The first-order chi connectivity index (χ1) is 26.4. The number of fused-ring (bicyclic) bond motifs is 4. The number of aliphatic hydroxyl groups excluding tert-OH is 1. The molecule has 2 heterocycles. The van der Waals surface area contributed by atoms with Crippen molar-refractivity contribution in [2.24, 2.45) is 5.92 Å². The molecule has 0 radical (unpaired) electrons. The molecule has 7 rings (SSSR count). The number of amides is 3. The molecule has 2 aliphatic heterocycles. The molecule has 1 aliphatic carbocycles. The highest BCUT2D eigenvalue weighted by Crippen LogP contribution is 2.44. The first-order valence-corrected chi connectivity index (χ1v) is 18.6. The molecule has 0 saturated carbocycles. The fourth-order valence-electron chi connectivity index (χ4n) is 7.79. The quantitative estimate of drug-likeness (QED) is 0.157. The molecule has 4 aromatic rings. The number of nitrogens with zero attached hydrogens (tertiary/aromatic N) is 1. The van der Waals surface area contributed by atoms with Crippen molar-refractivity contribution in [2.75, 3.05) is 19.8 Å². The van der Waals surface area contributed by atoms with Crippen molar-refractivity contribution < 1.29 is 33.8 Å². The Morgan fingerprint density at radius 1 is 0.852 bits per heavy atom. The molecule has 0 spiro atoms. The first-order valence-electron chi connectivity index (χ1n) is 18.6. The van der Waals surface area contributed by atoms with Gasteiger partial charge in [-0.15, -0.1) is 0 Å². The molecule has 3 amide bonds. The van der Waals surface area contributed by atoms with Crippen LogP contribution in [0.15, 0.2) is 115 Å². The van der Waals surface area contributed by atoms with Crippen LogP contribution >= 0.6 is 0 Å². The Morgan fingerprint density at radius 2 is 1.52 bits per heavy atom. The number of benzene rings is 4. The SMILES string of the molecule is O=C(N[C@H]1CCC=CC[C@H](CC(=O)N2Cc3ccccc3C[C@H]2CO)C(=O)N[C@H](c2ccccc2)COC1=O)OCC1c2ccccc2-c2ccccc21. The largest absolute Gasteiger partial charge is 0.462 e. The Hall–Kier alpha value is -5.74. The minimum Gasteiger partial charge on any atom is -0.462 e. The molecule has 54 heavy (non-hydrogen) atoms. The Labute approximate surface area is 315 Å². The van der Waals surface area contributed by atoms with Gasteiger partial charge in [-0.2, -0.15) is 0 Å². The van der Waals surface area contributed by atoms with E-state index in [1.807, 2.05) is 103 Å². The second-order valence-electron chi connectivity index (χ2n) is 14.1. The van der Waals surface area contributed by atoms with Crippen LogP contribution in [0.25, 0.3) is 11.1 Å². The van der Waals surface area contributed by atoms with E-state index in [2.05, 4.69) is 22.8 Å². The average Bonchev–Trinajstić information content (AvgIpc) is 3.53. The van der Waals surface area contributed by atoms with Gasteiger partial charge < -0.3 is 30.1 Å². The van der Waals surface area contributed by atoms with Crippen LogP contribution in [0, 0.1) is 5.92 Å². The van der Waals surface area contributed by atoms with Crippen molar-refractivity contribution in [1.29, 1.82) is 0 Å². The molecule has 3 N–H and O–H groups in total. The lowest BCUT2D eigenvalue weighted by molar-refractivity contribution is -0.147. The lowest BCUT2D eigenvalue weighted by Gasteiger charge is -2.36. The lowest BCUT2D eigenvalue weighted by atomic mass is 9.92. The molecule has 4 aromatic carbocycles. The van der Waals surface area contributed by atoms with Crippen LogP contribution in [0.5, 0.6) is 0 Å². The van der Waals surface area contributed by atoms with Crippen molar-refractivity contribution >= 4 is 23.9 Å². The highest BCUT2D eigenvalue weighted by molar-refractivity contribution is 5.87. The Bertz CT molecular complexity index is 1970. The third kappa shape index (κ3) is 8.24. The number of nitrogens with one attached hydrogen (secondary N) is 2. The van der Waals surface area contributed by atoms with Gasteiger partial charge in [0.1, 0.15) is 19.3 Å². The van der Waals surface area contributed by atoms with E-state index in [9.17, 15) is 24.3 Å². The van der Waals surface area contributed by atoms with Crippen LogP contribution in [0.2, 0.25) is 0 Å². The first kappa shape index (κ1) is 36.6. The number of esters is 1. The molecule has 3 aliphatic rings. The number of rotatable bonds is 7. The van der Waals surface area contributed by atoms with Crippen LogP contribution in [0.1, 0.15) is 65.5 Å². The predicted molar refractivity (Wildman–Crippen MR) is 203 cm³/mol. The summed E-state index contributed by atoms with van der Waals surface area (Å²) in [6, 6.07) is 31.1. The number of cyclic esters (lactones) is 1. The maximum atomic E-state index is 13.9. The predicted octanol–water partition coefficient (Wildman–Crippen LogP) is 5.99. The summed E-state index contributed by atoms with van der Waals surface area (Å²) in [7, 11) is 0. The van der Waals surface area contributed by atoms with Crippen molar-refractivity contribution in [2.45, 2.75) is 62.7 Å². The molecule has 10 nitrogen and oxygen atoms in total. The van der Waals surface area contributed by atoms with Crippen molar-refractivity contribution in [3.05, 3.63) is 143 Å². The summed E-state index contributed by atoms with van der Waals surface area (Å²) in [4.78, 5) is 56.1. The van der Waals surface area contributed by atoms with E-state index >= 15 is 0 Å². The van der Waals surface area contributed by atoms with E-state index < -0.39 is 30.1 Å². The molecule has 0 fully saturated rings. The molecular formula is C44H45N3O7. The summed E-state index contributed by atoms with van der Waals surface area (Å²) in [5.41, 5.74) is 7.26. The number of aliphatic hydroxyl groups is 1. The fourth-order valence-corrected chi connectivity index (χ4v) is 7.79. The third-order valence-electron chi connectivity index (χ3n) is 10.7. The molecule has 0 saturated heterocycles. The van der Waals surface area contributed by atoms with Gasteiger partial charge in [-0.05, 0) is 64.6 Å². The summed E-state index contributed by atoms with van der Waals surface area (Å²) >= 11 is 0. The molecule has 278 valence electrons. The van der Waals surface area contributed by atoms with E-state index in [0.717, 1.165) is 38.9 Å². The van der Waals surface area contributed by atoms with Gasteiger partial charge in [0.2, 0.25) is 11.8 Å². The molecule has 10 heteroatoms. The van der Waals surface area contributed by atoms with Crippen LogP contribution in [-0.2, 0) is 36.8 Å². The number of ether oxygens (including phenoxy) is 2. The highest BCUT2D eigenvalue weighted by Gasteiger charge is 2.34. The number of alkyl carbamates (subject to hydrolysis) is 1. The average molecular weight is 728 g/mol. The van der Waals surface area contributed by atoms with Gasteiger partial charge in [0, 0.05) is 18.9 Å². The van der Waals surface area contributed by atoms with Crippen LogP contribution in [-0.4, -0.2) is 65.8 Å². The minimum absolute atomic E-state index is 0.0535. The number of hydrogen-bond acceptors (Lipinski definition) is 7. The number of carbonyl (C=O) groups is 4. The van der Waals surface area contributed by atoms with Gasteiger partial charge in [0.15, 0.2) is 0 Å². The number of hydrogen-bond donors (Lipinski definition) is 3. The van der Waals surface area contributed by atoms with Gasteiger partial charge in [-0.25, -0.2) is 9.59 Å². The molecule has 0 aromatic heterocycles. The Kier molecular flexibility index (Phi) is 11.5.